The second-order valence-corrected chi connectivity index (χ2v) is 1.34. The van der Waals surface area contributed by atoms with E-state index in [-0.39, 0.29) is 6.61 Å². The summed E-state index contributed by atoms with van der Waals surface area (Å²) >= 11 is 0. The monoisotopic (exact) mass is 146 g/mol. The summed E-state index contributed by atoms with van der Waals surface area (Å²) in [6, 6.07) is 0. The molecule has 0 aliphatic carbocycles. The molecule has 0 saturated heterocycles. The Hall–Kier alpha value is -1.03. The normalized spacial score (nSPS) is 8.50. The summed E-state index contributed by atoms with van der Waals surface area (Å²) in [6.45, 7) is 5.47. The molecule has 0 aliphatic heterocycles. The van der Waals surface area contributed by atoms with Crippen LogP contribution < -0.4 is 0 Å². The van der Waals surface area contributed by atoms with Gasteiger partial charge in [-0.05, 0) is 6.92 Å². The molecule has 0 aromatic rings. The van der Waals surface area contributed by atoms with E-state index < -0.39 is 6.16 Å². The van der Waals surface area contributed by atoms with Gasteiger partial charge >= 0.3 is 6.16 Å². The van der Waals surface area contributed by atoms with Crippen molar-refractivity contribution in [2.45, 2.75) is 6.92 Å². The van der Waals surface area contributed by atoms with Crippen LogP contribution in [0, 0.1) is 0 Å². The molecule has 10 heavy (non-hydrogen) atoms. The third-order valence-corrected chi connectivity index (χ3v) is 0.564. The number of ether oxygens (including phenoxy) is 1. The van der Waals surface area contributed by atoms with Gasteiger partial charge in [0.2, 0.25) is 0 Å². The predicted molar refractivity (Wildman–Crippen MR) is 34.3 cm³/mol. The van der Waals surface area contributed by atoms with Gasteiger partial charge in [-0.25, -0.2) is 4.79 Å². The standard InChI is InChI=1S/C6H10O4/c1-3-5-8-6(7)10-9-4-2/h3H,1,4-5H2,2H3. The van der Waals surface area contributed by atoms with E-state index in [9.17, 15) is 4.79 Å². The molecule has 58 valence electrons. The quantitative estimate of drug-likeness (QED) is 0.259. The van der Waals surface area contributed by atoms with E-state index in [2.05, 4.69) is 21.1 Å². The van der Waals surface area contributed by atoms with Crippen LogP contribution in [-0.2, 0) is 14.5 Å². The average molecular weight is 146 g/mol. The van der Waals surface area contributed by atoms with Crippen molar-refractivity contribution in [3.05, 3.63) is 12.7 Å². The van der Waals surface area contributed by atoms with Crippen molar-refractivity contribution in [1.29, 1.82) is 0 Å². The summed E-state index contributed by atoms with van der Waals surface area (Å²) in [5, 5.41) is 0. The lowest BCUT2D eigenvalue weighted by atomic mass is 10.7. The second-order valence-electron chi connectivity index (χ2n) is 1.34. The SMILES string of the molecule is C=CCOC(=O)OOCC. The fourth-order valence-electron chi connectivity index (χ4n) is 0.258. The number of carbonyl (C=O) groups is 1. The smallest absolute Gasteiger partial charge is 0.428 e. The molecule has 0 unspecified atom stereocenters. The highest BCUT2D eigenvalue weighted by Gasteiger charge is 2.00. The van der Waals surface area contributed by atoms with Crippen LogP contribution in [0.5, 0.6) is 0 Å². The topological polar surface area (TPSA) is 44.8 Å². The van der Waals surface area contributed by atoms with E-state index in [1.165, 1.54) is 6.08 Å². The van der Waals surface area contributed by atoms with E-state index in [1.54, 1.807) is 6.92 Å². The Bertz CT molecular complexity index is 110. The number of carbonyl (C=O) groups excluding carboxylic acids is 1. The van der Waals surface area contributed by atoms with E-state index in [0.717, 1.165) is 0 Å². The van der Waals surface area contributed by atoms with Gasteiger partial charge < -0.3 is 4.74 Å². The van der Waals surface area contributed by atoms with Crippen molar-refractivity contribution in [2.24, 2.45) is 0 Å². The van der Waals surface area contributed by atoms with E-state index >= 15 is 0 Å². The van der Waals surface area contributed by atoms with Gasteiger partial charge in [-0.1, -0.05) is 12.7 Å². The number of hydrogen-bond donors (Lipinski definition) is 0. The van der Waals surface area contributed by atoms with Crippen LogP contribution in [0.25, 0.3) is 0 Å². The molecular formula is C6H10O4. The van der Waals surface area contributed by atoms with Gasteiger partial charge in [0.1, 0.15) is 6.61 Å². The Kier molecular flexibility index (Phi) is 5.47. The van der Waals surface area contributed by atoms with Crippen molar-refractivity contribution in [2.75, 3.05) is 13.2 Å². The maximum atomic E-state index is 10.3. The molecule has 0 aromatic heterocycles. The minimum atomic E-state index is -0.846. The minimum Gasteiger partial charge on any atom is -0.428 e. The third-order valence-electron chi connectivity index (χ3n) is 0.564. The fraction of sp³-hybridized carbons (Fsp3) is 0.500. The van der Waals surface area contributed by atoms with Crippen molar-refractivity contribution in [1.82, 2.24) is 0 Å². The van der Waals surface area contributed by atoms with E-state index in [0.29, 0.717) is 6.61 Å². The zero-order valence-corrected chi connectivity index (χ0v) is 5.83. The predicted octanol–water partition coefficient (Wildman–Crippen LogP) is 1.28. The van der Waals surface area contributed by atoms with Gasteiger partial charge in [0.05, 0.1) is 6.61 Å². The Morgan fingerprint density at radius 3 is 2.90 bits per heavy atom. The first kappa shape index (κ1) is 8.97. The molecule has 0 bridgehead atoms. The molecule has 0 spiro atoms. The largest absolute Gasteiger partial charge is 0.540 e. The average Bonchev–Trinajstić information content (AvgIpc) is 1.97. The maximum absolute atomic E-state index is 10.3. The lowest BCUT2D eigenvalue weighted by Gasteiger charge is -1.99. The van der Waals surface area contributed by atoms with Crippen molar-refractivity contribution in [3.8, 4) is 0 Å². The van der Waals surface area contributed by atoms with Gasteiger partial charge in [0, 0.05) is 0 Å². The highest BCUT2D eigenvalue weighted by atomic mass is 17.2. The van der Waals surface area contributed by atoms with Crippen LogP contribution in [0.4, 0.5) is 4.79 Å². The van der Waals surface area contributed by atoms with Gasteiger partial charge in [0.15, 0.2) is 0 Å². The first-order valence-electron chi connectivity index (χ1n) is 2.88. The van der Waals surface area contributed by atoms with E-state index in [4.69, 9.17) is 0 Å². The first-order valence-corrected chi connectivity index (χ1v) is 2.88. The fourth-order valence-corrected chi connectivity index (χ4v) is 0.258. The van der Waals surface area contributed by atoms with E-state index in [1.807, 2.05) is 0 Å². The third kappa shape index (κ3) is 5.11. The van der Waals surface area contributed by atoms with Crippen LogP contribution >= 0.6 is 0 Å². The van der Waals surface area contributed by atoms with Crippen molar-refractivity contribution >= 4 is 6.16 Å². The van der Waals surface area contributed by atoms with Gasteiger partial charge in [-0.2, -0.15) is 4.89 Å². The molecule has 0 atom stereocenters. The van der Waals surface area contributed by atoms with Crippen molar-refractivity contribution in [3.63, 3.8) is 0 Å². The van der Waals surface area contributed by atoms with Crippen LogP contribution in [0.15, 0.2) is 12.7 Å². The Morgan fingerprint density at radius 2 is 2.40 bits per heavy atom. The summed E-state index contributed by atoms with van der Waals surface area (Å²) < 4.78 is 4.39. The molecule has 0 aliphatic rings. The molecule has 0 fully saturated rings. The number of hydrogen-bond acceptors (Lipinski definition) is 4. The lowest BCUT2D eigenvalue weighted by Crippen LogP contribution is -2.07. The molecule has 0 amide bonds. The highest BCUT2D eigenvalue weighted by Crippen LogP contribution is 1.85. The van der Waals surface area contributed by atoms with Gasteiger partial charge in [-0.15, -0.1) is 0 Å². The summed E-state index contributed by atoms with van der Waals surface area (Å²) in [5.41, 5.74) is 0. The first-order chi connectivity index (χ1) is 4.81. The molecule has 0 saturated carbocycles. The molecule has 0 N–H and O–H groups in total. The van der Waals surface area contributed by atoms with Gasteiger partial charge in [0.25, 0.3) is 0 Å². The lowest BCUT2D eigenvalue weighted by molar-refractivity contribution is -0.250. The minimum absolute atomic E-state index is 0.131. The molecule has 0 rings (SSSR count). The molecule has 0 radical (unpaired) electrons. The molecule has 4 heteroatoms. The summed E-state index contributed by atoms with van der Waals surface area (Å²) in [4.78, 5) is 18.7. The molecule has 0 aromatic carbocycles. The zero-order valence-electron chi connectivity index (χ0n) is 5.83. The maximum Gasteiger partial charge on any atom is 0.540 e. The Balaban J connectivity index is 3.16. The Morgan fingerprint density at radius 1 is 1.70 bits per heavy atom. The second kappa shape index (κ2) is 6.10. The zero-order chi connectivity index (χ0) is 7.82. The molecular weight excluding hydrogens is 136 g/mol. The highest BCUT2D eigenvalue weighted by molar-refractivity contribution is 5.59. The molecule has 4 nitrogen and oxygen atoms in total. The van der Waals surface area contributed by atoms with Gasteiger partial charge in [-0.3, -0.25) is 4.89 Å². The van der Waals surface area contributed by atoms with Crippen LogP contribution in [0.2, 0.25) is 0 Å². The van der Waals surface area contributed by atoms with Crippen LogP contribution in [0.3, 0.4) is 0 Å². The summed E-state index contributed by atoms with van der Waals surface area (Å²) in [6.07, 6.45) is 0.592. The Labute approximate surface area is 59.3 Å². The van der Waals surface area contributed by atoms with Crippen molar-refractivity contribution < 1.29 is 19.3 Å². The summed E-state index contributed by atoms with van der Waals surface area (Å²) in [7, 11) is 0. The van der Waals surface area contributed by atoms with Crippen LogP contribution in [-0.4, -0.2) is 19.4 Å². The summed E-state index contributed by atoms with van der Waals surface area (Å²) in [5.74, 6) is 0. The molecule has 0 heterocycles. The number of rotatable bonds is 4. The van der Waals surface area contributed by atoms with Crippen LogP contribution in [0.1, 0.15) is 6.92 Å².